The van der Waals surface area contributed by atoms with E-state index in [1.54, 1.807) is 41.3 Å². The van der Waals surface area contributed by atoms with Crippen LogP contribution in [0.5, 0.6) is 0 Å². The zero-order valence-corrected chi connectivity index (χ0v) is 20.1. The molecule has 0 saturated heterocycles. The van der Waals surface area contributed by atoms with Gasteiger partial charge in [-0.05, 0) is 71.4 Å². The molecule has 0 bridgehead atoms. The summed E-state index contributed by atoms with van der Waals surface area (Å²) in [5.74, 6) is -0.172. The van der Waals surface area contributed by atoms with Gasteiger partial charge in [-0.15, -0.1) is 0 Å². The number of halogens is 3. The van der Waals surface area contributed by atoms with Crippen molar-refractivity contribution in [2.24, 2.45) is 10.7 Å². The van der Waals surface area contributed by atoms with Crippen LogP contribution in [0, 0.1) is 0 Å². The average molecular weight is 516 g/mol. The summed E-state index contributed by atoms with van der Waals surface area (Å²) in [4.78, 5) is 20.4. The molecule has 5 rings (SSSR count). The van der Waals surface area contributed by atoms with E-state index in [4.69, 9.17) is 40.5 Å². The number of hydrogen-bond acceptors (Lipinski definition) is 5. The minimum absolute atomic E-state index is 0.172. The molecule has 3 aromatic carbocycles. The summed E-state index contributed by atoms with van der Waals surface area (Å²) in [6.45, 7) is 0. The van der Waals surface area contributed by atoms with Crippen molar-refractivity contribution in [3.63, 3.8) is 0 Å². The molecule has 0 fully saturated rings. The van der Waals surface area contributed by atoms with Gasteiger partial charge in [0.2, 0.25) is 0 Å². The van der Waals surface area contributed by atoms with Crippen LogP contribution >= 0.6 is 46.6 Å². The maximum absolute atomic E-state index is 14.1. The Morgan fingerprint density at radius 2 is 1.33 bits per heavy atom. The van der Waals surface area contributed by atoms with E-state index >= 15 is 0 Å². The first-order chi connectivity index (χ1) is 15.9. The topological polar surface area (TPSA) is 70.7 Å². The van der Waals surface area contributed by atoms with Crippen LogP contribution in [0.4, 0.5) is 5.69 Å². The summed E-state index contributed by atoms with van der Waals surface area (Å²) < 4.78 is 0. The summed E-state index contributed by atoms with van der Waals surface area (Å²) in [5, 5.41) is 6.38. The third-order valence-corrected chi connectivity index (χ3v) is 7.04. The first kappa shape index (κ1) is 22.2. The first-order valence-electron chi connectivity index (χ1n) is 10.0. The third-order valence-electron chi connectivity index (χ3n) is 5.43. The molecule has 0 saturated carbocycles. The number of amidine groups is 1. The number of thioether (sulfide) groups is 1. The Morgan fingerprint density at radius 1 is 0.818 bits per heavy atom. The second-order valence-corrected chi connectivity index (χ2v) is 9.86. The van der Waals surface area contributed by atoms with Crippen LogP contribution in [0.1, 0.15) is 23.3 Å². The van der Waals surface area contributed by atoms with Crippen LogP contribution in [0.25, 0.3) is 0 Å². The molecule has 9 heteroatoms. The molecule has 166 valence electrons. The zero-order valence-electron chi connectivity index (χ0n) is 17.0. The molecular formula is C24H17Cl3N4OS. The molecule has 2 atom stereocenters. The van der Waals surface area contributed by atoms with E-state index in [0.717, 1.165) is 11.1 Å². The highest BCUT2D eigenvalue weighted by Gasteiger charge is 2.42. The highest BCUT2D eigenvalue weighted by Crippen LogP contribution is 2.44. The molecule has 3 aromatic rings. The van der Waals surface area contributed by atoms with E-state index in [-0.39, 0.29) is 5.91 Å². The molecule has 0 aromatic heterocycles. The van der Waals surface area contributed by atoms with Gasteiger partial charge in [0, 0.05) is 20.8 Å². The SMILES string of the molecule is NC1=N[C@H](c2ccc(Cl)cc2)C2=C(N[C@H](c3ccc(Cl)cc3)N(c3ccc(Cl)cc3)C2=O)S1. The van der Waals surface area contributed by atoms with Crippen molar-refractivity contribution in [1.82, 2.24) is 5.32 Å². The molecule has 33 heavy (non-hydrogen) atoms. The third kappa shape index (κ3) is 4.32. The Balaban J connectivity index is 1.64. The number of rotatable bonds is 3. The van der Waals surface area contributed by atoms with Gasteiger partial charge in [0.25, 0.3) is 5.91 Å². The summed E-state index contributed by atoms with van der Waals surface area (Å²) in [5.41, 5.74) is 9.09. The van der Waals surface area contributed by atoms with Crippen LogP contribution in [0.2, 0.25) is 15.1 Å². The molecular weight excluding hydrogens is 499 g/mol. The van der Waals surface area contributed by atoms with Crippen LogP contribution < -0.4 is 16.0 Å². The van der Waals surface area contributed by atoms with Gasteiger partial charge in [0.15, 0.2) is 5.17 Å². The van der Waals surface area contributed by atoms with Gasteiger partial charge in [-0.2, -0.15) is 0 Å². The number of nitrogens with two attached hydrogens (primary N) is 1. The molecule has 2 aliphatic heterocycles. The number of benzene rings is 3. The van der Waals surface area contributed by atoms with Crippen molar-refractivity contribution in [3.8, 4) is 0 Å². The summed E-state index contributed by atoms with van der Waals surface area (Å²) in [7, 11) is 0. The molecule has 0 radical (unpaired) electrons. The molecule has 0 unspecified atom stereocenters. The minimum atomic E-state index is -0.556. The predicted octanol–water partition coefficient (Wildman–Crippen LogP) is 6.30. The van der Waals surface area contributed by atoms with Gasteiger partial charge in [-0.1, -0.05) is 59.1 Å². The van der Waals surface area contributed by atoms with Gasteiger partial charge in [0.05, 0.1) is 10.6 Å². The van der Waals surface area contributed by atoms with Gasteiger partial charge in [0.1, 0.15) is 12.2 Å². The zero-order chi connectivity index (χ0) is 23.1. The number of aliphatic imine (C=N–C) groups is 1. The van der Waals surface area contributed by atoms with Crippen LogP contribution in [-0.4, -0.2) is 11.1 Å². The van der Waals surface area contributed by atoms with Crippen LogP contribution in [0.15, 0.2) is 88.4 Å². The molecule has 0 spiro atoms. The molecule has 2 aliphatic rings. The summed E-state index contributed by atoms with van der Waals surface area (Å²) in [6, 6.07) is 21.3. The van der Waals surface area contributed by atoms with Gasteiger partial charge in [-0.3, -0.25) is 9.69 Å². The monoisotopic (exact) mass is 514 g/mol. The quantitative estimate of drug-likeness (QED) is 0.430. The fraction of sp³-hybridized carbons (Fsp3) is 0.0833. The smallest absolute Gasteiger partial charge is 0.261 e. The van der Waals surface area contributed by atoms with E-state index in [1.165, 1.54) is 11.8 Å². The van der Waals surface area contributed by atoms with Crippen molar-refractivity contribution in [2.45, 2.75) is 12.2 Å². The highest BCUT2D eigenvalue weighted by molar-refractivity contribution is 8.17. The first-order valence-corrected chi connectivity index (χ1v) is 12.0. The maximum Gasteiger partial charge on any atom is 0.261 e. The lowest BCUT2D eigenvalue weighted by molar-refractivity contribution is -0.116. The van der Waals surface area contributed by atoms with E-state index in [2.05, 4.69) is 10.3 Å². The van der Waals surface area contributed by atoms with Gasteiger partial charge < -0.3 is 11.1 Å². The lowest BCUT2D eigenvalue weighted by Gasteiger charge is -2.41. The molecule has 3 N–H and O–H groups in total. The number of amides is 1. The standard InChI is InChI=1S/C24H17Cl3N4OS/c25-15-5-1-13(2-6-15)20-19-22(33-24(28)29-20)30-21(14-3-7-16(26)8-4-14)31(23(19)32)18-11-9-17(27)10-12-18/h1-12,20-21,30H,(H2,28,29)/t20-,21+/m1/s1. The highest BCUT2D eigenvalue weighted by atomic mass is 35.5. The fourth-order valence-corrected chi connectivity index (χ4v) is 5.12. The van der Waals surface area contributed by atoms with E-state index < -0.39 is 12.2 Å². The van der Waals surface area contributed by atoms with Crippen molar-refractivity contribution in [2.75, 3.05) is 4.90 Å². The van der Waals surface area contributed by atoms with Crippen LogP contribution in [-0.2, 0) is 4.79 Å². The Hall–Kier alpha value is -2.64. The summed E-state index contributed by atoms with van der Waals surface area (Å²) in [6.07, 6.45) is -0.473. The number of anilines is 1. The van der Waals surface area contributed by atoms with Crippen molar-refractivity contribution in [1.29, 1.82) is 0 Å². The van der Waals surface area contributed by atoms with Crippen molar-refractivity contribution < 1.29 is 4.79 Å². The normalized spacial score (nSPS) is 20.3. The van der Waals surface area contributed by atoms with E-state index in [1.807, 2.05) is 36.4 Å². The van der Waals surface area contributed by atoms with Crippen molar-refractivity contribution >= 4 is 63.3 Å². The lowest BCUT2D eigenvalue weighted by Crippen LogP contribution is -2.49. The minimum Gasteiger partial charge on any atom is -0.378 e. The van der Waals surface area contributed by atoms with Gasteiger partial charge >= 0.3 is 0 Å². The summed E-state index contributed by atoms with van der Waals surface area (Å²) >= 11 is 19.5. The van der Waals surface area contributed by atoms with Crippen LogP contribution in [0.3, 0.4) is 0 Å². The van der Waals surface area contributed by atoms with Crippen molar-refractivity contribution in [3.05, 3.63) is 110 Å². The number of nitrogens with zero attached hydrogens (tertiary/aromatic N) is 2. The lowest BCUT2D eigenvalue weighted by atomic mass is 9.95. The predicted molar refractivity (Wildman–Crippen MR) is 137 cm³/mol. The fourth-order valence-electron chi connectivity index (χ4n) is 3.89. The maximum atomic E-state index is 14.1. The van der Waals surface area contributed by atoms with E-state index in [9.17, 15) is 4.79 Å². The van der Waals surface area contributed by atoms with E-state index in [0.29, 0.717) is 36.5 Å². The Labute approximate surface area is 210 Å². The molecule has 5 nitrogen and oxygen atoms in total. The largest absolute Gasteiger partial charge is 0.378 e. The number of nitrogens with one attached hydrogen (secondary N) is 1. The molecule has 1 amide bonds. The molecule has 0 aliphatic carbocycles. The Bertz CT molecular complexity index is 1270. The Morgan fingerprint density at radius 3 is 1.91 bits per heavy atom. The second-order valence-electron chi connectivity index (χ2n) is 7.52. The molecule has 2 heterocycles. The number of carbonyl (C=O) groups is 1. The number of carbonyl (C=O) groups excluding carboxylic acids is 1. The Kier molecular flexibility index (Phi) is 6.01. The average Bonchev–Trinajstić information content (AvgIpc) is 2.80. The van der Waals surface area contributed by atoms with Gasteiger partial charge in [-0.25, -0.2) is 4.99 Å². The second kappa shape index (κ2) is 8.95. The number of hydrogen-bond donors (Lipinski definition) is 2.